The van der Waals surface area contributed by atoms with E-state index in [2.05, 4.69) is 48.4 Å². The van der Waals surface area contributed by atoms with Gasteiger partial charge >= 0.3 is 0 Å². The summed E-state index contributed by atoms with van der Waals surface area (Å²) in [5.74, 6) is 2.45. The molecule has 0 aliphatic carbocycles. The predicted molar refractivity (Wildman–Crippen MR) is 127 cm³/mol. The molecule has 7 heteroatoms. The van der Waals surface area contributed by atoms with Gasteiger partial charge < -0.3 is 25.2 Å². The first-order chi connectivity index (χ1) is 15.0. The lowest BCUT2D eigenvalue weighted by Gasteiger charge is -2.30. The third kappa shape index (κ3) is 7.01. The number of benzene rings is 1. The molecule has 176 valence electrons. The fourth-order valence-electron chi connectivity index (χ4n) is 4.20. The van der Waals surface area contributed by atoms with E-state index in [1.165, 1.54) is 11.1 Å². The molecule has 0 radical (unpaired) electrons. The average Bonchev–Trinajstić information content (AvgIpc) is 2.80. The SMILES string of the molecule is CCNC(=NCC(CC)(CC)CCO)NCCN1CCc2cc(OC)c(OC)cc2C1. The molecule has 0 spiro atoms. The molecule has 0 atom stereocenters. The van der Waals surface area contributed by atoms with Crippen LogP contribution in [0.25, 0.3) is 0 Å². The molecular weight excluding hydrogens is 392 g/mol. The summed E-state index contributed by atoms with van der Waals surface area (Å²) in [5.41, 5.74) is 2.73. The van der Waals surface area contributed by atoms with Crippen molar-refractivity contribution in [3.8, 4) is 11.5 Å². The quantitative estimate of drug-likeness (QED) is 0.347. The van der Waals surface area contributed by atoms with E-state index in [1.807, 2.05) is 0 Å². The molecule has 0 aromatic heterocycles. The fraction of sp³-hybridized carbons (Fsp3) is 0.708. The number of rotatable bonds is 12. The normalized spacial score (nSPS) is 14.8. The molecule has 0 saturated carbocycles. The number of aliphatic hydroxyl groups excluding tert-OH is 1. The first-order valence-electron chi connectivity index (χ1n) is 11.6. The highest BCUT2D eigenvalue weighted by molar-refractivity contribution is 5.79. The second-order valence-corrected chi connectivity index (χ2v) is 8.30. The maximum Gasteiger partial charge on any atom is 0.191 e. The Morgan fingerprint density at radius 2 is 1.77 bits per heavy atom. The number of nitrogens with zero attached hydrogens (tertiary/aromatic N) is 2. The Bertz CT molecular complexity index is 704. The van der Waals surface area contributed by atoms with Gasteiger partial charge in [0.1, 0.15) is 0 Å². The van der Waals surface area contributed by atoms with Crippen LogP contribution in [0.2, 0.25) is 0 Å². The van der Waals surface area contributed by atoms with Crippen molar-refractivity contribution in [1.29, 1.82) is 0 Å². The van der Waals surface area contributed by atoms with Gasteiger partial charge in [-0.3, -0.25) is 9.89 Å². The number of ether oxygens (including phenoxy) is 2. The third-order valence-electron chi connectivity index (χ3n) is 6.58. The molecule has 0 unspecified atom stereocenters. The van der Waals surface area contributed by atoms with E-state index >= 15 is 0 Å². The van der Waals surface area contributed by atoms with Gasteiger partial charge in [-0.1, -0.05) is 13.8 Å². The molecule has 1 aromatic rings. The van der Waals surface area contributed by atoms with Gasteiger partial charge in [0.05, 0.1) is 14.2 Å². The van der Waals surface area contributed by atoms with Crippen molar-refractivity contribution < 1.29 is 14.6 Å². The van der Waals surface area contributed by atoms with Crippen LogP contribution in [0.5, 0.6) is 11.5 Å². The van der Waals surface area contributed by atoms with Crippen molar-refractivity contribution in [2.24, 2.45) is 10.4 Å². The van der Waals surface area contributed by atoms with Gasteiger partial charge in [0.2, 0.25) is 0 Å². The Morgan fingerprint density at radius 3 is 2.35 bits per heavy atom. The average molecular weight is 435 g/mol. The molecule has 31 heavy (non-hydrogen) atoms. The van der Waals surface area contributed by atoms with Crippen LogP contribution in [0, 0.1) is 5.41 Å². The van der Waals surface area contributed by atoms with Crippen LogP contribution in [0.1, 0.15) is 51.2 Å². The molecular formula is C24H42N4O3. The minimum absolute atomic E-state index is 0.0772. The highest BCUT2D eigenvalue weighted by atomic mass is 16.5. The van der Waals surface area contributed by atoms with Gasteiger partial charge in [-0.05, 0) is 61.3 Å². The molecule has 0 saturated heterocycles. The van der Waals surface area contributed by atoms with Crippen LogP contribution in [-0.4, -0.2) is 69.5 Å². The lowest BCUT2D eigenvalue weighted by Crippen LogP contribution is -2.43. The maximum atomic E-state index is 9.45. The highest BCUT2D eigenvalue weighted by Gasteiger charge is 2.25. The van der Waals surface area contributed by atoms with Crippen molar-refractivity contribution in [2.75, 3.05) is 53.6 Å². The zero-order valence-corrected chi connectivity index (χ0v) is 20.1. The molecule has 7 nitrogen and oxygen atoms in total. The predicted octanol–water partition coefficient (Wildman–Crippen LogP) is 2.81. The Hall–Kier alpha value is -1.99. The summed E-state index contributed by atoms with van der Waals surface area (Å²) in [6, 6.07) is 4.22. The summed E-state index contributed by atoms with van der Waals surface area (Å²) in [6.45, 7) is 12.0. The standard InChI is InChI=1S/C24H42N4O3/c1-6-24(7-2,10-14-29)18-27-23(25-8-3)26-11-13-28-12-9-19-15-21(30-4)22(31-5)16-20(19)17-28/h15-16,29H,6-14,17-18H2,1-5H3,(H2,25,26,27). The van der Waals surface area contributed by atoms with Crippen molar-refractivity contribution in [2.45, 2.75) is 53.0 Å². The smallest absolute Gasteiger partial charge is 0.191 e. The minimum atomic E-state index is 0.0772. The number of aliphatic imine (C=N–C) groups is 1. The second kappa shape index (κ2) is 12.8. The topological polar surface area (TPSA) is 78.4 Å². The monoisotopic (exact) mass is 434 g/mol. The van der Waals surface area contributed by atoms with Crippen LogP contribution in [0.4, 0.5) is 0 Å². The summed E-state index contributed by atoms with van der Waals surface area (Å²) < 4.78 is 10.9. The molecule has 0 amide bonds. The van der Waals surface area contributed by atoms with Crippen LogP contribution in [0.15, 0.2) is 17.1 Å². The van der Waals surface area contributed by atoms with E-state index in [-0.39, 0.29) is 12.0 Å². The number of nitrogens with one attached hydrogen (secondary N) is 2. The van der Waals surface area contributed by atoms with E-state index < -0.39 is 0 Å². The highest BCUT2D eigenvalue weighted by Crippen LogP contribution is 2.33. The minimum Gasteiger partial charge on any atom is -0.493 e. The number of fused-ring (bicyclic) bond motifs is 1. The van der Waals surface area contributed by atoms with Crippen molar-refractivity contribution in [3.05, 3.63) is 23.3 Å². The molecule has 1 aromatic carbocycles. The lowest BCUT2D eigenvalue weighted by atomic mass is 9.79. The Morgan fingerprint density at radius 1 is 1.10 bits per heavy atom. The maximum absolute atomic E-state index is 9.45. The zero-order chi connectivity index (χ0) is 22.7. The van der Waals surface area contributed by atoms with Crippen LogP contribution in [-0.2, 0) is 13.0 Å². The van der Waals surface area contributed by atoms with Gasteiger partial charge in [-0.25, -0.2) is 0 Å². The first-order valence-corrected chi connectivity index (χ1v) is 11.6. The Balaban J connectivity index is 1.93. The number of hydrogen-bond acceptors (Lipinski definition) is 5. The summed E-state index contributed by atoms with van der Waals surface area (Å²) in [7, 11) is 3.37. The number of methoxy groups -OCH3 is 2. The number of aliphatic hydroxyl groups is 1. The van der Waals surface area contributed by atoms with E-state index in [0.29, 0.717) is 0 Å². The zero-order valence-electron chi connectivity index (χ0n) is 20.1. The van der Waals surface area contributed by atoms with Gasteiger partial charge in [0.25, 0.3) is 0 Å². The summed E-state index contributed by atoms with van der Waals surface area (Å²) >= 11 is 0. The summed E-state index contributed by atoms with van der Waals surface area (Å²) in [4.78, 5) is 7.30. The Kier molecular flexibility index (Phi) is 10.4. The van der Waals surface area contributed by atoms with Gasteiger partial charge in [0.15, 0.2) is 17.5 Å². The molecule has 1 heterocycles. The van der Waals surface area contributed by atoms with Crippen LogP contribution < -0.4 is 20.1 Å². The lowest BCUT2D eigenvalue weighted by molar-refractivity contribution is 0.175. The molecule has 0 fully saturated rings. The fourth-order valence-corrected chi connectivity index (χ4v) is 4.20. The van der Waals surface area contributed by atoms with E-state index in [0.717, 1.165) is 82.4 Å². The van der Waals surface area contributed by atoms with E-state index in [9.17, 15) is 5.11 Å². The molecule has 0 bridgehead atoms. The summed E-state index contributed by atoms with van der Waals surface area (Å²) in [6.07, 6.45) is 3.85. The molecule has 2 rings (SSSR count). The summed E-state index contributed by atoms with van der Waals surface area (Å²) in [5, 5.41) is 16.3. The second-order valence-electron chi connectivity index (χ2n) is 8.30. The molecule has 3 N–H and O–H groups in total. The number of guanidine groups is 1. The first kappa shape index (κ1) is 25.3. The van der Waals surface area contributed by atoms with E-state index in [1.54, 1.807) is 14.2 Å². The largest absolute Gasteiger partial charge is 0.493 e. The van der Waals surface area contributed by atoms with Gasteiger partial charge in [0, 0.05) is 45.9 Å². The number of hydrogen-bond donors (Lipinski definition) is 3. The van der Waals surface area contributed by atoms with Crippen molar-refractivity contribution in [1.82, 2.24) is 15.5 Å². The third-order valence-corrected chi connectivity index (χ3v) is 6.58. The van der Waals surface area contributed by atoms with E-state index in [4.69, 9.17) is 14.5 Å². The van der Waals surface area contributed by atoms with Crippen molar-refractivity contribution >= 4 is 5.96 Å². The molecule has 1 aliphatic heterocycles. The molecule has 1 aliphatic rings. The van der Waals surface area contributed by atoms with Crippen LogP contribution in [0.3, 0.4) is 0 Å². The Labute approximate surface area is 188 Å². The van der Waals surface area contributed by atoms with Crippen LogP contribution >= 0.6 is 0 Å². The van der Waals surface area contributed by atoms with Crippen molar-refractivity contribution in [3.63, 3.8) is 0 Å². The van der Waals surface area contributed by atoms with Gasteiger partial charge in [-0.15, -0.1) is 0 Å². The van der Waals surface area contributed by atoms with Gasteiger partial charge in [-0.2, -0.15) is 0 Å².